The summed E-state index contributed by atoms with van der Waals surface area (Å²) in [7, 11) is 0. The minimum Gasteiger partial charge on any atom is -0.350 e. The number of hydrogen-bond donors (Lipinski definition) is 1. The first kappa shape index (κ1) is 11.5. The summed E-state index contributed by atoms with van der Waals surface area (Å²) in [5.41, 5.74) is 3.22. The van der Waals surface area contributed by atoms with Gasteiger partial charge in [-0.05, 0) is 25.0 Å². The van der Waals surface area contributed by atoms with E-state index in [1.165, 1.54) is 12.5 Å². The highest BCUT2D eigenvalue weighted by molar-refractivity contribution is 5.78. The smallest absolute Gasteiger partial charge is 0.217 e. The summed E-state index contributed by atoms with van der Waals surface area (Å²) >= 11 is 0. The normalized spacial score (nSPS) is 11.9. The summed E-state index contributed by atoms with van der Waals surface area (Å²) in [6.45, 7) is 9.50. The van der Waals surface area contributed by atoms with Gasteiger partial charge in [-0.3, -0.25) is 4.79 Å². The molecule has 15 heavy (non-hydrogen) atoms. The maximum atomic E-state index is 10.9. The third-order valence-electron chi connectivity index (χ3n) is 2.33. The molecule has 1 rings (SSSR count). The molecule has 0 aromatic heterocycles. The summed E-state index contributed by atoms with van der Waals surface area (Å²) in [6, 6.07) is 8.09. The molecule has 0 radical (unpaired) electrons. The first-order valence-electron chi connectivity index (χ1n) is 5.03. The SMILES string of the molecule is C=C(c1cccc(C)c1)[C@H](C)NC(C)=O. The van der Waals surface area contributed by atoms with E-state index in [4.69, 9.17) is 0 Å². The Hall–Kier alpha value is -1.57. The van der Waals surface area contributed by atoms with Gasteiger partial charge < -0.3 is 5.32 Å². The number of amides is 1. The minimum absolute atomic E-state index is 0.0238. The summed E-state index contributed by atoms with van der Waals surface area (Å²) in [6.07, 6.45) is 0. The van der Waals surface area contributed by atoms with Gasteiger partial charge in [-0.1, -0.05) is 36.4 Å². The highest BCUT2D eigenvalue weighted by atomic mass is 16.1. The van der Waals surface area contributed by atoms with Gasteiger partial charge >= 0.3 is 0 Å². The molecule has 0 saturated carbocycles. The Labute approximate surface area is 91.0 Å². The molecule has 0 aliphatic heterocycles. The number of hydrogen-bond acceptors (Lipinski definition) is 1. The van der Waals surface area contributed by atoms with Gasteiger partial charge in [-0.25, -0.2) is 0 Å². The largest absolute Gasteiger partial charge is 0.350 e. The molecule has 0 fully saturated rings. The topological polar surface area (TPSA) is 29.1 Å². The number of nitrogens with one attached hydrogen (secondary N) is 1. The second-order valence-electron chi connectivity index (χ2n) is 3.82. The zero-order valence-corrected chi connectivity index (χ0v) is 9.50. The van der Waals surface area contributed by atoms with Crippen LogP contribution < -0.4 is 5.32 Å². The van der Waals surface area contributed by atoms with E-state index in [1.807, 2.05) is 32.0 Å². The standard InChI is InChI=1S/C13H17NO/c1-9-6-5-7-13(8-9)10(2)11(3)14-12(4)15/h5-8,11H,2H2,1,3-4H3,(H,14,15)/t11-/m0/s1. The van der Waals surface area contributed by atoms with E-state index in [1.54, 1.807) is 0 Å². The van der Waals surface area contributed by atoms with Crippen molar-refractivity contribution in [3.05, 3.63) is 42.0 Å². The fourth-order valence-electron chi connectivity index (χ4n) is 1.49. The van der Waals surface area contributed by atoms with Crippen molar-refractivity contribution in [2.75, 3.05) is 0 Å². The zero-order chi connectivity index (χ0) is 11.4. The van der Waals surface area contributed by atoms with Crippen LogP contribution in [0.3, 0.4) is 0 Å². The first-order chi connectivity index (χ1) is 7.00. The lowest BCUT2D eigenvalue weighted by atomic mass is 10.00. The molecule has 0 aliphatic rings. The van der Waals surface area contributed by atoms with Gasteiger partial charge in [-0.2, -0.15) is 0 Å². The number of benzene rings is 1. The predicted molar refractivity (Wildman–Crippen MR) is 63.5 cm³/mol. The van der Waals surface area contributed by atoms with Gasteiger partial charge in [0.25, 0.3) is 0 Å². The average Bonchev–Trinajstić information content (AvgIpc) is 2.15. The van der Waals surface area contributed by atoms with E-state index in [0.29, 0.717) is 0 Å². The molecule has 1 amide bonds. The van der Waals surface area contributed by atoms with Crippen LogP contribution >= 0.6 is 0 Å². The first-order valence-corrected chi connectivity index (χ1v) is 5.03. The molecule has 2 nitrogen and oxygen atoms in total. The van der Waals surface area contributed by atoms with Crippen LogP contribution in [-0.2, 0) is 4.79 Å². The van der Waals surface area contributed by atoms with Gasteiger partial charge in [0.05, 0.1) is 6.04 Å². The molecule has 1 N–H and O–H groups in total. The molecule has 0 bridgehead atoms. The molecule has 0 spiro atoms. The predicted octanol–water partition coefficient (Wildman–Crippen LogP) is 2.53. The Kier molecular flexibility index (Phi) is 3.67. The Bertz CT molecular complexity index is 382. The van der Waals surface area contributed by atoms with Gasteiger partial charge in [-0.15, -0.1) is 0 Å². The van der Waals surface area contributed by atoms with E-state index in [9.17, 15) is 4.79 Å². The van der Waals surface area contributed by atoms with E-state index in [2.05, 4.69) is 18.0 Å². The van der Waals surface area contributed by atoms with Crippen molar-refractivity contribution >= 4 is 11.5 Å². The van der Waals surface area contributed by atoms with Gasteiger partial charge in [0, 0.05) is 6.92 Å². The third kappa shape index (κ3) is 3.24. The van der Waals surface area contributed by atoms with Crippen LogP contribution in [0.15, 0.2) is 30.8 Å². The van der Waals surface area contributed by atoms with Crippen molar-refractivity contribution in [1.29, 1.82) is 0 Å². The zero-order valence-electron chi connectivity index (χ0n) is 9.50. The van der Waals surface area contributed by atoms with Crippen LogP contribution in [0, 0.1) is 6.92 Å². The number of rotatable bonds is 3. The van der Waals surface area contributed by atoms with Crippen LogP contribution in [0.5, 0.6) is 0 Å². The molecular weight excluding hydrogens is 186 g/mol. The fraction of sp³-hybridized carbons (Fsp3) is 0.308. The second-order valence-corrected chi connectivity index (χ2v) is 3.82. The Morgan fingerprint density at radius 1 is 1.47 bits per heavy atom. The van der Waals surface area contributed by atoms with E-state index < -0.39 is 0 Å². The summed E-state index contributed by atoms with van der Waals surface area (Å²) in [5, 5.41) is 2.82. The summed E-state index contributed by atoms with van der Waals surface area (Å²) in [4.78, 5) is 10.9. The second kappa shape index (κ2) is 4.78. The van der Waals surface area contributed by atoms with Crippen LogP contribution in [0.1, 0.15) is 25.0 Å². The summed E-state index contributed by atoms with van der Waals surface area (Å²) < 4.78 is 0. The lowest BCUT2D eigenvalue weighted by Crippen LogP contribution is -2.31. The number of carbonyl (C=O) groups is 1. The van der Waals surface area contributed by atoms with Crippen molar-refractivity contribution < 1.29 is 4.79 Å². The van der Waals surface area contributed by atoms with E-state index in [0.717, 1.165) is 11.1 Å². The molecule has 0 unspecified atom stereocenters. The molecule has 0 aliphatic carbocycles. The highest BCUT2D eigenvalue weighted by Gasteiger charge is 2.09. The van der Waals surface area contributed by atoms with Gasteiger partial charge in [0.2, 0.25) is 5.91 Å². The van der Waals surface area contributed by atoms with Crippen LogP contribution in [0.4, 0.5) is 0 Å². The van der Waals surface area contributed by atoms with Crippen molar-refractivity contribution in [2.24, 2.45) is 0 Å². The highest BCUT2D eigenvalue weighted by Crippen LogP contribution is 2.17. The third-order valence-corrected chi connectivity index (χ3v) is 2.33. The quantitative estimate of drug-likeness (QED) is 0.803. The lowest BCUT2D eigenvalue weighted by molar-refractivity contribution is -0.119. The Morgan fingerprint density at radius 3 is 2.67 bits per heavy atom. The average molecular weight is 203 g/mol. The minimum atomic E-state index is -0.0312. The van der Waals surface area contributed by atoms with Crippen LogP contribution in [-0.4, -0.2) is 11.9 Å². The maximum Gasteiger partial charge on any atom is 0.217 e. The Morgan fingerprint density at radius 2 is 2.13 bits per heavy atom. The molecule has 1 aromatic carbocycles. The van der Waals surface area contributed by atoms with E-state index >= 15 is 0 Å². The molecule has 1 atom stereocenters. The lowest BCUT2D eigenvalue weighted by Gasteiger charge is -2.16. The van der Waals surface area contributed by atoms with Crippen molar-refractivity contribution in [1.82, 2.24) is 5.32 Å². The van der Waals surface area contributed by atoms with Crippen molar-refractivity contribution in [2.45, 2.75) is 26.8 Å². The summed E-state index contributed by atoms with van der Waals surface area (Å²) in [5.74, 6) is -0.0312. The van der Waals surface area contributed by atoms with Crippen LogP contribution in [0.25, 0.3) is 5.57 Å². The monoisotopic (exact) mass is 203 g/mol. The van der Waals surface area contributed by atoms with Gasteiger partial charge in [0.1, 0.15) is 0 Å². The fourth-order valence-corrected chi connectivity index (χ4v) is 1.49. The van der Waals surface area contributed by atoms with Gasteiger partial charge in [0.15, 0.2) is 0 Å². The molecule has 1 aromatic rings. The molecule has 0 heterocycles. The number of aryl methyl sites for hydroxylation is 1. The Balaban J connectivity index is 2.80. The molecule has 80 valence electrons. The molecular formula is C13H17NO. The molecule has 0 saturated heterocycles. The maximum absolute atomic E-state index is 10.9. The number of carbonyl (C=O) groups excluding carboxylic acids is 1. The van der Waals surface area contributed by atoms with Crippen LogP contribution in [0.2, 0.25) is 0 Å². The van der Waals surface area contributed by atoms with Crippen molar-refractivity contribution in [3.63, 3.8) is 0 Å². The van der Waals surface area contributed by atoms with Crippen molar-refractivity contribution in [3.8, 4) is 0 Å². The molecule has 2 heteroatoms. The van der Waals surface area contributed by atoms with E-state index in [-0.39, 0.29) is 11.9 Å².